The third-order valence-corrected chi connectivity index (χ3v) is 6.94. The summed E-state index contributed by atoms with van der Waals surface area (Å²) in [6.45, 7) is 4.82. The molecule has 5 nitrogen and oxygen atoms in total. The van der Waals surface area contributed by atoms with Crippen LogP contribution < -0.4 is 14.4 Å². The van der Waals surface area contributed by atoms with E-state index in [1.807, 2.05) is 24.3 Å². The lowest BCUT2D eigenvalue weighted by Gasteiger charge is -2.20. The molecule has 0 unspecified atom stereocenters. The molecular weight excluding hydrogens is 436 g/mol. The lowest BCUT2D eigenvalue weighted by atomic mass is 9.93. The van der Waals surface area contributed by atoms with Gasteiger partial charge in [0.25, 0.3) is 0 Å². The number of hydrogen-bond acceptors (Lipinski definition) is 5. The summed E-state index contributed by atoms with van der Waals surface area (Å²) < 4.78 is 12.1. The van der Waals surface area contributed by atoms with Crippen molar-refractivity contribution in [2.24, 2.45) is 5.92 Å². The van der Waals surface area contributed by atoms with Gasteiger partial charge >= 0.3 is 0 Å². The molecule has 2 atom stereocenters. The van der Waals surface area contributed by atoms with Crippen molar-refractivity contribution in [2.75, 3.05) is 24.6 Å². The molecule has 0 spiro atoms. The van der Waals surface area contributed by atoms with Gasteiger partial charge in [0.05, 0.1) is 13.2 Å². The molecule has 3 aromatic rings. The smallest absolute Gasteiger partial charge is 0.137 e. The zero-order chi connectivity index (χ0) is 24.0. The highest BCUT2D eigenvalue weighted by Gasteiger charge is 2.25. The normalized spacial score (nSPS) is 18.3. The largest absolute Gasteiger partial charge is 0.493 e. The van der Waals surface area contributed by atoms with Gasteiger partial charge in [-0.1, -0.05) is 25.1 Å². The Kier molecular flexibility index (Phi) is 7.31. The summed E-state index contributed by atoms with van der Waals surface area (Å²) in [7, 11) is 0. The van der Waals surface area contributed by atoms with Gasteiger partial charge in [-0.25, -0.2) is 0 Å². The van der Waals surface area contributed by atoms with Gasteiger partial charge in [0.1, 0.15) is 23.4 Å². The van der Waals surface area contributed by atoms with Crippen LogP contribution in [0.1, 0.15) is 49.7 Å². The topological polar surface area (TPSA) is 51.7 Å². The third kappa shape index (κ3) is 6.62. The van der Waals surface area contributed by atoms with Crippen LogP contribution in [0.15, 0.2) is 73.1 Å². The first-order chi connectivity index (χ1) is 17.1. The van der Waals surface area contributed by atoms with E-state index >= 15 is 0 Å². The van der Waals surface area contributed by atoms with Crippen LogP contribution in [0.25, 0.3) is 0 Å². The van der Waals surface area contributed by atoms with Crippen molar-refractivity contribution < 1.29 is 14.3 Å². The Morgan fingerprint density at radius 3 is 2.51 bits per heavy atom. The number of nitrogens with zero attached hydrogens (tertiary/aromatic N) is 2. The molecule has 35 heavy (non-hydrogen) atoms. The molecule has 0 amide bonds. The average molecular weight is 471 g/mol. The number of hydrogen-bond donors (Lipinski definition) is 0. The second-order valence-corrected chi connectivity index (χ2v) is 9.97. The van der Waals surface area contributed by atoms with Crippen LogP contribution in [0.4, 0.5) is 5.69 Å². The standard InChI is InChI=1S/C30H34N2O3/c1-22(17-27(33)18-24-3-2-15-31-19-24)25-6-10-29(11-7-25)35-30-14-16-32(20-30)26-8-12-28(13-9-26)34-21-23-4-5-23/h2-3,6-13,15,19,22-23,30H,4-5,14,16-18,20-21H2,1H3/t22-,30-/m1/s1. The number of aromatic nitrogens is 1. The maximum Gasteiger partial charge on any atom is 0.137 e. The summed E-state index contributed by atoms with van der Waals surface area (Å²) in [5, 5.41) is 0. The molecule has 182 valence electrons. The maximum atomic E-state index is 12.5. The summed E-state index contributed by atoms with van der Waals surface area (Å²) in [5.41, 5.74) is 3.35. The fourth-order valence-corrected chi connectivity index (χ4v) is 4.64. The number of ketones is 1. The second-order valence-electron chi connectivity index (χ2n) is 9.97. The van der Waals surface area contributed by atoms with E-state index < -0.39 is 0 Å². The molecule has 1 aliphatic carbocycles. The molecule has 0 radical (unpaired) electrons. The summed E-state index contributed by atoms with van der Waals surface area (Å²) in [6.07, 6.45) is 8.24. The van der Waals surface area contributed by atoms with Gasteiger partial charge in [0.15, 0.2) is 0 Å². The molecule has 0 bridgehead atoms. The zero-order valence-electron chi connectivity index (χ0n) is 20.4. The van der Waals surface area contributed by atoms with Crippen LogP contribution in [-0.2, 0) is 11.2 Å². The van der Waals surface area contributed by atoms with E-state index in [0.29, 0.717) is 12.8 Å². The number of carbonyl (C=O) groups is 1. The first-order valence-electron chi connectivity index (χ1n) is 12.8. The molecule has 5 heteroatoms. The molecule has 2 heterocycles. The molecule has 2 aliphatic rings. The van der Waals surface area contributed by atoms with Gasteiger partial charge in [0, 0.05) is 43.9 Å². The molecule has 0 N–H and O–H groups in total. The maximum absolute atomic E-state index is 12.5. The quantitative estimate of drug-likeness (QED) is 0.353. The van der Waals surface area contributed by atoms with Crippen molar-refractivity contribution in [1.29, 1.82) is 0 Å². The van der Waals surface area contributed by atoms with Crippen molar-refractivity contribution >= 4 is 11.5 Å². The van der Waals surface area contributed by atoms with Crippen molar-refractivity contribution in [1.82, 2.24) is 4.98 Å². The highest BCUT2D eigenvalue weighted by atomic mass is 16.5. The number of benzene rings is 2. The number of ether oxygens (including phenoxy) is 2. The van der Waals surface area contributed by atoms with E-state index in [2.05, 4.69) is 53.2 Å². The van der Waals surface area contributed by atoms with Crippen LogP contribution in [-0.4, -0.2) is 36.6 Å². The molecule has 2 fully saturated rings. The highest BCUT2D eigenvalue weighted by Crippen LogP contribution is 2.31. The number of rotatable bonds is 11. The SMILES string of the molecule is C[C@H](CC(=O)Cc1cccnc1)c1ccc(O[C@@H]2CCN(c3ccc(OCC4CC4)cc3)C2)cc1. The van der Waals surface area contributed by atoms with Crippen molar-refractivity contribution in [3.8, 4) is 11.5 Å². The molecule has 1 aliphatic heterocycles. The van der Waals surface area contributed by atoms with Crippen molar-refractivity contribution in [2.45, 2.75) is 51.0 Å². The predicted octanol–water partition coefficient (Wildman–Crippen LogP) is 5.83. The number of carbonyl (C=O) groups excluding carboxylic acids is 1. The van der Waals surface area contributed by atoms with Crippen LogP contribution in [0.2, 0.25) is 0 Å². The van der Waals surface area contributed by atoms with Crippen molar-refractivity contribution in [3.05, 3.63) is 84.2 Å². The van der Waals surface area contributed by atoms with Gasteiger partial charge in [-0.3, -0.25) is 9.78 Å². The number of anilines is 1. The highest BCUT2D eigenvalue weighted by molar-refractivity contribution is 5.81. The Balaban J connectivity index is 1.08. The van der Waals surface area contributed by atoms with E-state index in [9.17, 15) is 4.79 Å². The van der Waals surface area contributed by atoms with Gasteiger partial charge in [-0.2, -0.15) is 0 Å². The molecule has 1 saturated heterocycles. The molecule has 2 aromatic carbocycles. The summed E-state index contributed by atoms with van der Waals surface area (Å²) >= 11 is 0. The van der Waals surface area contributed by atoms with Crippen molar-refractivity contribution in [3.63, 3.8) is 0 Å². The Labute approximate surface area is 208 Å². The lowest BCUT2D eigenvalue weighted by molar-refractivity contribution is -0.118. The predicted molar refractivity (Wildman–Crippen MR) is 138 cm³/mol. The van der Waals surface area contributed by atoms with E-state index in [1.54, 1.807) is 12.4 Å². The first-order valence-corrected chi connectivity index (χ1v) is 12.8. The van der Waals surface area contributed by atoms with Crippen LogP contribution in [0, 0.1) is 5.92 Å². The fourth-order valence-electron chi connectivity index (χ4n) is 4.64. The Bertz CT molecular complexity index is 1090. The monoisotopic (exact) mass is 470 g/mol. The lowest BCUT2D eigenvalue weighted by Crippen LogP contribution is -2.24. The van der Waals surface area contributed by atoms with Crippen LogP contribution in [0.5, 0.6) is 11.5 Å². The first kappa shape index (κ1) is 23.4. The van der Waals surface area contributed by atoms with Gasteiger partial charge in [-0.15, -0.1) is 0 Å². The van der Waals surface area contributed by atoms with Gasteiger partial charge in [-0.05, 0) is 78.3 Å². The zero-order valence-corrected chi connectivity index (χ0v) is 20.4. The van der Waals surface area contributed by atoms with Crippen LogP contribution >= 0.6 is 0 Å². The van der Waals surface area contributed by atoms with Crippen LogP contribution in [0.3, 0.4) is 0 Å². The average Bonchev–Trinajstić information content (AvgIpc) is 3.60. The minimum atomic E-state index is 0.171. The third-order valence-electron chi connectivity index (χ3n) is 6.94. The second kappa shape index (κ2) is 10.9. The van der Waals surface area contributed by atoms with Gasteiger partial charge in [0.2, 0.25) is 0 Å². The molecule has 1 aromatic heterocycles. The number of pyridine rings is 1. The van der Waals surface area contributed by atoms with E-state index in [4.69, 9.17) is 9.47 Å². The Hall–Kier alpha value is -3.34. The molecular formula is C30H34N2O3. The summed E-state index contributed by atoms with van der Waals surface area (Å²) in [4.78, 5) is 18.9. The van der Waals surface area contributed by atoms with E-state index in [1.165, 1.54) is 18.5 Å². The molecule has 1 saturated carbocycles. The minimum absolute atomic E-state index is 0.171. The Morgan fingerprint density at radius 2 is 1.80 bits per heavy atom. The molecule has 5 rings (SSSR count). The number of Topliss-reactive ketones (excluding diaryl/α,β-unsaturated/α-hetero) is 1. The Morgan fingerprint density at radius 1 is 1.03 bits per heavy atom. The summed E-state index contributed by atoms with van der Waals surface area (Å²) in [5.74, 6) is 3.02. The minimum Gasteiger partial charge on any atom is -0.493 e. The van der Waals surface area contributed by atoms with E-state index in [0.717, 1.165) is 54.7 Å². The van der Waals surface area contributed by atoms with E-state index in [-0.39, 0.29) is 17.8 Å². The van der Waals surface area contributed by atoms with Gasteiger partial charge < -0.3 is 14.4 Å². The summed E-state index contributed by atoms with van der Waals surface area (Å²) in [6, 6.07) is 20.5. The fraction of sp³-hybridized carbons (Fsp3) is 0.400.